The van der Waals surface area contributed by atoms with Crippen molar-refractivity contribution in [3.8, 4) is 11.4 Å². The highest BCUT2D eigenvalue weighted by Crippen LogP contribution is 2.34. The second-order valence-corrected chi connectivity index (χ2v) is 9.83. The third-order valence-electron chi connectivity index (χ3n) is 7.12. The van der Waals surface area contributed by atoms with Gasteiger partial charge < -0.3 is 19.8 Å². The molecule has 1 fully saturated rings. The molecule has 2 N–H and O–H groups in total. The molecule has 1 unspecified atom stereocenters. The van der Waals surface area contributed by atoms with Crippen LogP contribution < -0.4 is 9.75 Å². The van der Waals surface area contributed by atoms with Crippen LogP contribution in [0, 0.1) is 6.92 Å². The Morgan fingerprint density at radius 3 is 2.49 bits per heavy atom. The molecule has 0 bridgehead atoms. The van der Waals surface area contributed by atoms with Gasteiger partial charge in [-0.05, 0) is 62.6 Å². The molecule has 3 aromatic rings. The molecule has 1 amide bonds. The summed E-state index contributed by atoms with van der Waals surface area (Å²) >= 11 is 0. The molecule has 9 nitrogen and oxygen atoms in total. The number of amides is 1. The van der Waals surface area contributed by atoms with Crippen LogP contribution in [-0.2, 0) is 0 Å². The number of hydrogen-bond donors (Lipinski definition) is 2. The predicted molar refractivity (Wildman–Crippen MR) is 141 cm³/mol. The lowest BCUT2D eigenvalue weighted by atomic mass is 9.84. The first kappa shape index (κ1) is 25.0. The normalized spacial score (nSPS) is 18.8. The fraction of sp³-hybridized carbons (Fsp3) is 0.393. The lowest BCUT2D eigenvalue weighted by molar-refractivity contribution is -0.0268. The maximum absolute atomic E-state index is 12.9. The van der Waals surface area contributed by atoms with Crippen LogP contribution >= 0.6 is 0 Å². The zero-order chi connectivity index (χ0) is 25.8. The summed E-state index contributed by atoms with van der Waals surface area (Å²) in [5.41, 5.74) is 2.81. The molecule has 37 heavy (non-hydrogen) atoms. The van der Waals surface area contributed by atoms with E-state index >= 15 is 0 Å². The minimum atomic E-state index is -0.833. The Kier molecular flexibility index (Phi) is 7.25. The molecule has 2 aliphatic heterocycles. The molecule has 2 aliphatic rings. The molecule has 0 aliphatic carbocycles. The third kappa shape index (κ3) is 5.68. The quantitative estimate of drug-likeness (QED) is 0.490. The number of nitrogens with zero attached hydrogens (tertiary/aromatic N) is 5. The van der Waals surface area contributed by atoms with Crippen LogP contribution in [0.1, 0.15) is 41.6 Å². The number of likely N-dealkylation sites (tertiary alicyclic amines) is 1. The Bertz CT molecular complexity index is 1230. The Hall–Kier alpha value is -3.69. The number of carbonyl (C=O) groups excluding carboxylic acids is 1. The van der Waals surface area contributed by atoms with Crippen LogP contribution in [0.2, 0.25) is 0 Å². The van der Waals surface area contributed by atoms with Gasteiger partial charge in [-0.1, -0.05) is 17.7 Å². The van der Waals surface area contributed by atoms with Crippen LogP contribution in [0.3, 0.4) is 0 Å². The van der Waals surface area contributed by atoms with Crippen molar-refractivity contribution >= 4 is 17.8 Å². The van der Waals surface area contributed by atoms with Crippen LogP contribution in [0.25, 0.3) is 5.69 Å². The highest BCUT2D eigenvalue weighted by atomic mass is 16.5. The first-order valence-electron chi connectivity index (χ1n) is 12.7. The summed E-state index contributed by atoms with van der Waals surface area (Å²) in [6, 6.07) is 15.6. The van der Waals surface area contributed by atoms with E-state index in [9.17, 15) is 9.90 Å². The Labute approximate surface area is 216 Å². The summed E-state index contributed by atoms with van der Waals surface area (Å²) in [6.07, 6.45) is 7.74. The number of carbonyl (C=O) groups is 1. The summed E-state index contributed by atoms with van der Waals surface area (Å²) in [7, 11) is 0. The van der Waals surface area contributed by atoms with Crippen molar-refractivity contribution in [3.63, 3.8) is 0 Å². The van der Waals surface area contributed by atoms with Crippen molar-refractivity contribution in [2.24, 2.45) is 5.10 Å². The zero-order valence-electron chi connectivity index (χ0n) is 21.0. The van der Waals surface area contributed by atoms with Crippen LogP contribution in [0.4, 0.5) is 5.69 Å². The van der Waals surface area contributed by atoms with Gasteiger partial charge in [0.15, 0.2) is 5.75 Å². The smallest absolute Gasteiger partial charge is 0.253 e. The maximum Gasteiger partial charge on any atom is 0.253 e. The summed E-state index contributed by atoms with van der Waals surface area (Å²) < 4.78 is 7.12. The van der Waals surface area contributed by atoms with Crippen molar-refractivity contribution in [2.45, 2.75) is 44.2 Å². The molecule has 0 spiro atoms. The van der Waals surface area contributed by atoms with E-state index in [4.69, 9.17) is 9.84 Å². The molecule has 1 saturated heterocycles. The molecule has 9 heteroatoms. The molecule has 1 atom stereocenters. The molecule has 2 aromatic carbocycles. The number of aliphatic hydroxyl groups is 2. The van der Waals surface area contributed by atoms with Crippen molar-refractivity contribution in [1.29, 1.82) is 0 Å². The average molecular weight is 504 g/mol. The summed E-state index contributed by atoms with van der Waals surface area (Å²) in [4.78, 5) is 14.7. The number of ether oxygens (including phenoxy) is 1. The van der Waals surface area contributed by atoms with Crippen molar-refractivity contribution < 1.29 is 19.7 Å². The molecule has 0 saturated carbocycles. The van der Waals surface area contributed by atoms with Crippen molar-refractivity contribution in [3.05, 3.63) is 72.1 Å². The number of aryl methyl sites for hydroxylation is 1. The Morgan fingerprint density at radius 1 is 1.08 bits per heavy atom. The summed E-state index contributed by atoms with van der Waals surface area (Å²) in [6.45, 7) is 3.27. The number of benzene rings is 2. The molecular formula is C28H33N5O4. The summed E-state index contributed by atoms with van der Waals surface area (Å²) in [5, 5.41) is 31.2. The molecule has 3 heterocycles. The molecular weight excluding hydrogens is 470 g/mol. The minimum absolute atomic E-state index is 0.0252. The predicted octanol–water partition coefficient (Wildman–Crippen LogP) is 3.17. The minimum Gasteiger partial charge on any atom is -0.488 e. The Balaban J connectivity index is 1.19. The van der Waals surface area contributed by atoms with E-state index in [2.05, 4.69) is 10.2 Å². The SMILES string of the molecule is Cc1ccc(C(=O)N2CCC(O)(CC3CC=NN3c3ccc(-n4cc(OCCO)cn4)cc3)CC2)cc1. The van der Waals surface area contributed by atoms with Crippen molar-refractivity contribution in [2.75, 3.05) is 31.3 Å². The van der Waals surface area contributed by atoms with Gasteiger partial charge in [-0.2, -0.15) is 10.2 Å². The molecule has 0 radical (unpaired) electrons. The van der Waals surface area contributed by atoms with Crippen molar-refractivity contribution in [1.82, 2.24) is 14.7 Å². The number of anilines is 1. The van der Waals surface area contributed by atoms with Gasteiger partial charge in [0.1, 0.15) is 6.61 Å². The maximum atomic E-state index is 12.9. The van der Waals surface area contributed by atoms with Gasteiger partial charge in [0.2, 0.25) is 0 Å². The third-order valence-corrected chi connectivity index (χ3v) is 7.12. The number of hydrogen-bond acceptors (Lipinski definition) is 7. The molecule has 5 rings (SSSR count). The second-order valence-electron chi connectivity index (χ2n) is 9.83. The zero-order valence-corrected chi connectivity index (χ0v) is 21.0. The number of rotatable bonds is 8. The van der Waals surface area contributed by atoms with E-state index in [1.807, 2.05) is 71.6 Å². The molecule has 1 aromatic heterocycles. The number of hydrazone groups is 1. The van der Waals surface area contributed by atoms with Gasteiger partial charge in [0.05, 0.1) is 42.0 Å². The van der Waals surface area contributed by atoms with E-state index in [1.165, 1.54) is 0 Å². The van der Waals surface area contributed by atoms with E-state index < -0.39 is 5.60 Å². The van der Waals surface area contributed by atoms with Crippen LogP contribution in [0.15, 0.2) is 66.0 Å². The molecule has 194 valence electrons. The first-order chi connectivity index (χ1) is 17.9. The fourth-order valence-corrected chi connectivity index (χ4v) is 4.99. The summed E-state index contributed by atoms with van der Waals surface area (Å²) in [5.74, 6) is 0.624. The van der Waals surface area contributed by atoms with Gasteiger partial charge in [0.25, 0.3) is 5.91 Å². The standard InChI is InChI=1S/C28H33N5O4/c1-21-2-4-22(5-3-21)27(35)31-14-11-28(36,12-15-31)18-25-10-13-29-33(25)24-8-6-23(7-9-24)32-20-26(19-30-32)37-17-16-34/h2-9,13,19-20,25,34,36H,10-12,14-18H2,1H3. The Morgan fingerprint density at radius 2 is 1.78 bits per heavy atom. The highest BCUT2D eigenvalue weighted by Gasteiger charge is 2.38. The van der Waals surface area contributed by atoms with Gasteiger partial charge in [-0.25, -0.2) is 4.68 Å². The number of aliphatic hydroxyl groups excluding tert-OH is 1. The second kappa shape index (κ2) is 10.7. The monoisotopic (exact) mass is 503 g/mol. The number of aromatic nitrogens is 2. The van der Waals surface area contributed by atoms with Gasteiger partial charge >= 0.3 is 0 Å². The number of piperidine rings is 1. The highest BCUT2D eigenvalue weighted by molar-refractivity contribution is 5.94. The van der Waals surface area contributed by atoms with Crippen LogP contribution in [0.5, 0.6) is 5.75 Å². The van der Waals surface area contributed by atoms with Gasteiger partial charge in [-0.15, -0.1) is 0 Å². The van der Waals surface area contributed by atoms with E-state index in [0.717, 1.165) is 23.4 Å². The van der Waals surface area contributed by atoms with Gasteiger partial charge in [0, 0.05) is 31.3 Å². The van der Waals surface area contributed by atoms with Crippen LogP contribution in [-0.4, -0.2) is 75.0 Å². The van der Waals surface area contributed by atoms with E-state index in [-0.39, 0.29) is 25.2 Å². The van der Waals surface area contributed by atoms with E-state index in [0.29, 0.717) is 43.7 Å². The fourth-order valence-electron chi connectivity index (χ4n) is 4.99. The lowest BCUT2D eigenvalue weighted by Crippen LogP contribution is -2.49. The largest absolute Gasteiger partial charge is 0.488 e. The lowest BCUT2D eigenvalue weighted by Gasteiger charge is -2.40. The average Bonchev–Trinajstić information content (AvgIpc) is 3.58. The first-order valence-corrected chi connectivity index (χ1v) is 12.7. The van der Waals surface area contributed by atoms with Gasteiger partial charge in [-0.3, -0.25) is 9.80 Å². The van der Waals surface area contributed by atoms with E-state index in [1.54, 1.807) is 17.1 Å². The topological polar surface area (TPSA) is 103 Å².